The number of amides is 1. The second-order valence-corrected chi connectivity index (χ2v) is 7.44. The van der Waals surface area contributed by atoms with Crippen LogP contribution < -0.4 is 15.5 Å². The van der Waals surface area contributed by atoms with Gasteiger partial charge in [-0.2, -0.15) is 0 Å². The molecule has 0 saturated carbocycles. The Morgan fingerprint density at radius 3 is 2.31 bits per heavy atom. The Hall–Kier alpha value is -1.39. The number of guanidine groups is 1. The summed E-state index contributed by atoms with van der Waals surface area (Å²) in [6, 6.07) is 8.22. The minimum Gasteiger partial charge on any atom is -0.355 e. The molecule has 0 bridgehead atoms. The Morgan fingerprint density at radius 1 is 1.03 bits per heavy atom. The number of aliphatic imine (C=N–C) groups is 1. The zero-order chi connectivity index (χ0) is 19.8. The molecule has 0 aromatic heterocycles. The molecule has 1 aromatic carbocycles. The average Bonchev–Trinajstić information content (AvgIpc) is 3.17. The fourth-order valence-electron chi connectivity index (χ4n) is 3.78. The number of hydrogen-bond acceptors (Lipinski definition) is 4. The lowest BCUT2D eigenvalue weighted by atomic mass is 10.2. The van der Waals surface area contributed by atoms with Crippen molar-refractivity contribution in [3.05, 3.63) is 29.8 Å². The van der Waals surface area contributed by atoms with Gasteiger partial charge in [-0.3, -0.25) is 14.7 Å². The molecule has 2 N–H and O–H groups in total. The molecule has 2 aliphatic heterocycles. The molecule has 162 valence electrons. The van der Waals surface area contributed by atoms with Crippen molar-refractivity contribution in [1.29, 1.82) is 0 Å². The van der Waals surface area contributed by atoms with Gasteiger partial charge < -0.3 is 20.4 Å². The minimum absolute atomic E-state index is 0. The smallest absolute Gasteiger partial charge is 0.227 e. The van der Waals surface area contributed by atoms with Gasteiger partial charge in [0.25, 0.3) is 0 Å². The normalized spacial score (nSPS) is 18.6. The van der Waals surface area contributed by atoms with Crippen molar-refractivity contribution in [2.45, 2.75) is 26.3 Å². The number of benzene rings is 1. The van der Waals surface area contributed by atoms with Gasteiger partial charge in [0.1, 0.15) is 0 Å². The van der Waals surface area contributed by atoms with Crippen LogP contribution in [0.5, 0.6) is 0 Å². The Morgan fingerprint density at radius 2 is 1.72 bits per heavy atom. The number of nitrogens with zero attached hydrogens (tertiary/aromatic N) is 4. The van der Waals surface area contributed by atoms with Crippen LogP contribution in [0.1, 0.15) is 25.3 Å². The molecule has 0 atom stereocenters. The fourth-order valence-corrected chi connectivity index (χ4v) is 3.78. The van der Waals surface area contributed by atoms with Gasteiger partial charge in [-0.25, -0.2) is 0 Å². The van der Waals surface area contributed by atoms with E-state index < -0.39 is 0 Å². The Labute approximate surface area is 191 Å². The third-order valence-electron chi connectivity index (χ3n) is 5.64. The monoisotopic (exact) mass is 514 g/mol. The first-order valence-electron chi connectivity index (χ1n) is 10.5. The summed E-state index contributed by atoms with van der Waals surface area (Å²) in [7, 11) is 1.80. The number of piperazine rings is 1. The van der Waals surface area contributed by atoms with E-state index >= 15 is 0 Å². The highest BCUT2D eigenvalue weighted by Crippen LogP contribution is 2.21. The molecular weight excluding hydrogens is 479 g/mol. The van der Waals surface area contributed by atoms with Gasteiger partial charge in [-0.15, -0.1) is 24.0 Å². The Balaban J connectivity index is 0.00000300. The highest BCUT2D eigenvalue weighted by Gasteiger charge is 2.21. The summed E-state index contributed by atoms with van der Waals surface area (Å²) in [5.41, 5.74) is 2.17. The molecule has 8 heteroatoms. The van der Waals surface area contributed by atoms with E-state index in [-0.39, 0.29) is 29.9 Å². The van der Waals surface area contributed by atoms with Gasteiger partial charge in [0, 0.05) is 71.5 Å². The maximum atomic E-state index is 11.8. The average molecular weight is 514 g/mol. The van der Waals surface area contributed by atoms with Crippen LogP contribution in [0.4, 0.5) is 5.69 Å². The van der Waals surface area contributed by atoms with E-state index in [0.717, 1.165) is 57.3 Å². The molecule has 2 fully saturated rings. The van der Waals surface area contributed by atoms with E-state index in [1.807, 2.05) is 17.0 Å². The summed E-state index contributed by atoms with van der Waals surface area (Å²) < 4.78 is 0. The summed E-state index contributed by atoms with van der Waals surface area (Å²) in [4.78, 5) is 23.0. The molecule has 0 radical (unpaired) electrons. The van der Waals surface area contributed by atoms with E-state index in [1.165, 1.54) is 18.7 Å². The topological polar surface area (TPSA) is 63.2 Å². The summed E-state index contributed by atoms with van der Waals surface area (Å²) >= 11 is 0. The summed E-state index contributed by atoms with van der Waals surface area (Å²) in [5.74, 6) is 1.05. The van der Waals surface area contributed by atoms with Crippen molar-refractivity contribution in [3.63, 3.8) is 0 Å². The predicted molar refractivity (Wildman–Crippen MR) is 130 cm³/mol. The van der Waals surface area contributed by atoms with Crippen LogP contribution in [-0.2, 0) is 11.3 Å². The molecule has 1 aromatic rings. The van der Waals surface area contributed by atoms with Crippen molar-refractivity contribution >= 4 is 41.5 Å². The maximum absolute atomic E-state index is 11.8. The molecule has 2 aliphatic rings. The van der Waals surface area contributed by atoms with Gasteiger partial charge in [0.15, 0.2) is 5.96 Å². The fraction of sp³-hybridized carbons (Fsp3) is 0.619. The molecule has 7 nitrogen and oxygen atoms in total. The molecule has 0 unspecified atom stereocenters. The van der Waals surface area contributed by atoms with Crippen molar-refractivity contribution in [2.24, 2.45) is 4.99 Å². The Kier molecular flexibility index (Phi) is 10.2. The Bertz CT molecular complexity index is 658. The van der Waals surface area contributed by atoms with E-state index in [0.29, 0.717) is 13.0 Å². The van der Waals surface area contributed by atoms with Crippen molar-refractivity contribution in [3.8, 4) is 0 Å². The molecule has 2 heterocycles. The zero-order valence-corrected chi connectivity index (χ0v) is 20.0. The second-order valence-electron chi connectivity index (χ2n) is 7.44. The number of rotatable bonds is 7. The predicted octanol–water partition coefficient (Wildman–Crippen LogP) is 1.73. The molecule has 0 spiro atoms. The summed E-state index contributed by atoms with van der Waals surface area (Å²) in [5, 5.41) is 6.77. The zero-order valence-electron chi connectivity index (χ0n) is 17.7. The van der Waals surface area contributed by atoms with Crippen molar-refractivity contribution < 1.29 is 4.79 Å². The van der Waals surface area contributed by atoms with Gasteiger partial charge in [-0.1, -0.05) is 19.1 Å². The number of likely N-dealkylation sites (N-methyl/N-ethyl adjacent to an activating group) is 1. The van der Waals surface area contributed by atoms with E-state index in [1.54, 1.807) is 7.05 Å². The van der Waals surface area contributed by atoms with Crippen LogP contribution in [-0.4, -0.2) is 81.1 Å². The number of carbonyl (C=O) groups is 1. The number of carbonyl (C=O) groups excluding carboxylic acids is 1. The van der Waals surface area contributed by atoms with Gasteiger partial charge in [-0.05, 0) is 30.7 Å². The first-order valence-corrected chi connectivity index (χ1v) is 10.5. The molecule has 1 amide bonds. The first-order chi connectivity index (χ1) is 13.7. The number of nitrogens with one attached hydrogen (secondary N) is 2. The lowest BCUT2D eigenvalue weighted by molar-refractivity contribution is -0.117. The molecule has 2 saturated heterocycles. The van der Waals surface area contributed by atoms with Crippen LogP contribution in [0.25, 0.3) is 0 Å². The van der Waals surface area contributed by atoms with Crippen LogP contribution in [0, 0.1) is 0 Å². The third-order valence-corrected chi connectivity index (χ3v) is 5.64. The standard InChI is InChI=1S/C21H34N6O.HI/c1-3-25-13-15-26(16-14-25)12-10-23-21(22-2)24-17-18-6-8-19(9-7-18)27-11-4-5-20(27)28;/h6-9H,3-5,10-17H2,1-2H3,(H2,22,23,24);1H. The molecule has 0 aliphatic carbocycles. The van der Waals surface area contributed by atoms with Gasteiger partial charge in [0.2, 0.25) is 5.91 Å². The molecule has 3 rings (SSSR count). The lowest BCUT2D eigenvalue weighted by Gasteiger charge is -2.34. The SMILES string of the molecule is CCN1CCN(CCNC(=NC)NCc2ccc(N3CCCC3=O)cc2)CC1.I. The minimum atomic E-state index is 0. The number of hydrogen-bond donors (Lipinski definition) is 2. The maximum Gasteiger partial charge on any atom is 0.227 e. The van der Waals surface area contributed by atoms with Crippen LogP contribution in [0.3, 0.4) is 0 Å². The van der Waals surface area contributed by atoms with Crippen LogP contribution >= 0.6 is 24.0 Å². The van der Waals surface area contributed by atoms with Crippen LogP contribution in [0.2, 0.25) is 0 Å². The molecule has 29 heavy (non-hydrogen) atoms. The summed E-state index contributed by atoms with van der Waals surface area (Å²) in [6.45, 7) is 11.5. The van der Waals surface area contributed by atoms with Crippen molar-refractivity contribution in [1.82, 2.24) is 20.4 Å². The highest BCUT2D eigenvalue weighted by molar-refractivity contribution is 14.0. The molecular formula is C21H35IN6O. The first kappa shape index (κ1) is 23.9. The second kappa shape index (κ2) is 12.3. The van der Waals surface area contributed by atoms with Crippen molar-refractivity contribution in [2.75, 3.05) is 64.3 Å². The van der Waals surface area contributed by atoms with E-state index in [9.17, 15) is 4.79 Å². The van der Waals surface area contributed by atoms with Gasteiger partial charge in [0.05, 0.1) is 0 Å². The summed E-state index contributed by atoms with van der Waals surface area (Å²) in [6.07, 6.45) is 1.62. The highest BCUT2D eigenvalue weighted by atomic mass is 127. The largest absolute Gasteiger partial charge is 0.355 e. The lowest BCUT2D eigenvalue weighted by Crippen LogP contribution is -2.49. The van der Waals surface area contributed by atoms with E-state index in [4.69, 9.17) is 0 Å². The quantitative estimate of drug-likeness (QED) is 0.330. The van der Waals surface area contributed by atoms with Crippen LogP contribution in [0.15, 0.2) is 29.3 Å². The number of anilines is 1. The third kappa shape index (κ3) is 7.11. The van der Waals surface area contributed by atoms with Gasteiger partial charge >= 0.3 is 0 Å². The van der Waals surface area contributed by atoms with E-state index in [2.05, 4.69) is 44.5 Å². The number of halogens is 1.